The van der Waals surface area contributed by atoms with E-state index in [0.717, 1.165) is 24.2 Å². The number of carbonyl (C=O) groups excluding carboxylic acids is 1. The van der Waals surface area contributed by atoms with E-state index in [4.69, 9.17) is 4.74 Å². The number of hydrogen-bond donors (Lipinski definition) is 0. The van der Waals surface area contributed by atoms with Gasteiger partial charge in [-0.1, -0.05) is 13.3 Å². The first kappa shape index (κ1) is 15.0. The molecule has 2 aromatic rings. The van der Waals surface area contributed by atoms with E-state index in [9.17, 15) is 4.79 Å². The van der Waals surface area contributed by atoms with Crippen molar-refractivity contribution in [3.05, 3.63) is 42.4 Å². The highest BCUT2D eigenvalue weighted by Crippen LogP contribution is 2.20. The Morgan fingerprint density at radius 2 is 1.95 bits per heavy atom. The van der Waals surface area contributed by atoms with Gasteiger partial charge in [0.1, 0.15) is 5.75 Å². The summed E-state index contributed by atoms with van der Waals surface area (Å²) in [6.07, 6.45) is 5.14. The van der Waals surface area contributed by atoms with Crippen LogP contribution in [0.1, 0.15) is 30.3 Å². The number of carbonyl (C=O) groups is 1. The number of nitrogens with zero attached hydrogens (tertiary/aromatic N) is 2. The second kappa shape index (κ2) is 7.38. The summed E-state index contributed by atoms with van der Waals surface area (Å²) in [5.41, 5.74) is 1.69. The van der Waals surface area contributed by atoms with Crippen molar-refractivity contribution in [1.82, 2.24) is 9.97 Å². The molecule has 1 heterocycles. The lowest BCUT2D eigenvalue weighted by Crippen LogP contribution is -2.05. The van der Waals surface area contributed by atoms with Crippen LogP contribution in [0.15, 0.2) is 36.7 Å². The molecule has 0 aliphatic heterocycles. The molecule has 21 heavy (non-hydrogen) atoms. The lowest BCUT2D eigenvalue weighted by molar-refractivity contribution is 0.0593. The average Bonchev–Trinajstić information content (AvgIpc) is 2.55. The fourth-order valence-electron chi connectivity index (χ4n) is 1.76. The second-order valence-electron chi connectivity index (χ2n) is 4.51. The van der Waals surface area contributed by atoms with Crippen LogP contribution < -0.4 is 4.74 Å². The van der Waals surface area contributed by atoms with Crippen molar-refractivity contribution in [2.45, 2.75) is 19.8 Å². The van der Waals surface area contributed by atoms with Gasteiger partial charge in [-0.2, -0.15) is 0 Å². The number of rotatable bonds is 6. The Labute approximate surface area is 124 Å². The van der Waals surface area contributed by atoms with E-state index in [2.05, 4.69) is 21.6 Å². The van der Waals surface area contributed by atoms with Gasteiger partial charge in [0, 0.05) is 5.56 Å². The van der Waals surface area contributed by atoms with Gasteiger partial charge < -0.3 is 9.47 Å². The molecule has 0 N–H and O–H groups in total. The number of unbranched alkanes of at least 4 members (excludes halogenated alkanes) is 1. The van der Waals surface area contributed by atoms with Gasteiger partial charge in [0.2, 0.25) is 0 Å². The molecule has 0 bridgehead atoms. The van der Waals surface area contributed by atoms with Gasteiger partial charge in [0.15, 0.2) is 5.69 Å². The molecule has 110 valence electrons. The van der Waals surface area contributed by atoms with E-state index >= 15 is 0 Å². The molecule has 0 aliphatic carbocycles. The van der Waals surface area contributed by atoms with Crippen molar-refractivity contribution >= 4 is 5.97 Å². The Morgan fingerprint density at radius 1 is 1.19 bits per heavy atom. The third kappa shape index (κ3) is 4.02. The molecular weight excluding hydrogens is 268 g/mol. The van der Waals surface area contributed by atoms with Crippen molar-refractivity contribution in [2.75, 3.05) is 13.7 Å². The molecule has 0 atom stereocenters. The minimum atomic E-state index is -0.496. The summed E-state index contributed by atoms with van der Waals surface area (Å²) in [4.78, 5) is 19.7. The van der Waals surface area contributed by atoms with Crippen LogP contribution in [0.25, 0.3) is 11.3 Å². The number of benzene rings is 1. The summed E-state index contributed by atoms with van der Waals surface area (Å²) in [7, 11) is 1.32. The molecule has 0 unspecified atom stereocenters. The van der Waals surface area contributed by atoms with E-state index < -0.39 is 5.97 Å². The van der Waals surface area contributed by atoms with Gasteiger partial charge in [0.05, 0.1) is 31.8 Å². The van der Waals surface area contributed by atoms with E-state index in [1.54, 1.807) is 6.20 Å². The maximum Gasteiger partial charge on any atom is 0.358 e. The monoisotopic (exact) mass is 286 g/mol. The van der Waals surface area contributed by atoms with E-state index in [1.165, 1.54) is 13.3 Å². The van der Waals surface area contributed by atoms with Crippen LogP contribution in [0.5, 0.6) is 5.75 Å². The molecule has 0 fully saturated rings. The fraction of sp³-hybridized carbons (Fsp3) is 0.312. The maximum atomic E-state index is 11.5. The standard InChI is InChI=1S/C16H18N2O3/c1-3-4-9-21-13-7-5-12(6-8-13)14-10-17-11-15(18-14)16(19)20-2/h5-8,10-11H,3-4,9H2,1-2H3. The Bertz CT molecular complexity index is 597. The highest BCUT2D eigenvalue weighted by molar-refractivity contribution is 5.87. The minimum Gasteiger partial charge on any atom is -0.494 e. The molecule has 2 rings (SSSR count). The zero-order valence-corrected chi connectivity index (χ0v) is 12.2. The Hall–Kier alpha value is -2.43. The number of aromatic nitrogens is 2. The summed E-state index contributed by atoms with van der Waals surface area (Å²) in [6, 6.07) is 7.56. The smallest absolute Gasteiger partial charge is 0.358 e. The van der Waals surface area contributed by atoms with Crippen molar-refractivity contribution in [3.63, 3.8) is 0 Å². The topological polar surface area (TPSA) is 61.3 Å². The van der Waals surface area contributed by atoms with E-state index in [0.29, 0.717) is 12.3 Å². The molecular formula is C16H18N2O3. The third-order valence-electron chi connectivity index (χ3n) is 2.95. The number of esters is 1. The molecule has 0 saturated heterocycles. The van der Waals surface area contributed by atoms with Gasteiger partial charge in [-0.3, -0.25) is 4.98 Å². The van der Waals surface area contributed by atoms with Crippen LogP contribution in [0.2, 0.25) is 0 Å². The van der Waals surface area contributed by atoms with Gasteiger partial charge in [-0.25, -0.2) is 9.78 Å². The molecule has 1 aromatic heterocycles. The third-order valence-corrected chi connectivity index (χ3v) is 2.95. The molecule has 5 heteroatoms. The highest BCUT2D eigenvalue weighted by Gasteiger charge is 2.09. The zero-order valence-electron chi connectivity index (χ0n) is 12.2. The molecule has 5 nitrogen and oxygen atoms in total. The predicted molar refractivity (Wildman–Crippen MR) is 79.2 cm³/mol. The number of ether oxygens (including phenoxy) is 2. The van der Waals surface area contributed by atoms with Crippen LogP contribution >= 0.6 is 0 Å². The Morgan fingerprint density at radius 3 is 2.62 bits per heavy atom. The second-order valence-corrected chi connectivity index (χ2v) is 4.51. The SMILES string of the molecule is CCCCOc1ccc(-c2cncc(C(=O)OC)n2)cc1. The molecule has 0 amide bonds. The quantitative estimate of drug-likeness (QED) is 0.603. The normalized spacial score (nSPS) is 10.2. The lowest BCUT2D eigenvalue weighted by Gasteiger charge is -2.07. The van der Waals surface area contributed by atoms with Gasteiger partial charge >= 0.3 is 5.97 Å². The Kier molecular flexibility index (Phi) is 5.26. The summed E-state index contributed by atoms with van der Waals surface area (Å²) in [6.45, 7) is 2.84. The van der Waals surface area contributed by atoms with Crippen LogP contribution in [0.4, 0.5) is 0 Å². The van der Waals surface area contributed by atoms with Gasteiger partial charge in [-0.15, -0.1) is 0 Å². The molecule has 0 radical (unpaired) electrons. The summed E-state index contributed by atoms with van der Waals surface area (Å²) < 4.78 is 10.2. The highest BCUT2D eigenvalue weighted by atomic mass is 16.5. The van der Waals surface area contributed by atoms with Crippen molar-refractivity contribution in [3.8, 4) is 17.0 Å². The number of methoxy groups -OCH3 is 1. The largest absolute Gasteiger partial charge is 0.494 e. The first-order valence-electron chi connectivity index (χ1n) is 6.88. The zero-order chi connectivity index (χ0) is 15.1. The first-order chi connectivity index (χ1) is 10.2. The molecule has 0 saturated carbocycles. The first-order valence-corrected chi connectivity index (χ1v) is 6.88. The molecule has 0 aliphatic rings. The van der Waals surface area contributed by atoms with Crippen LogP contribution in [-0.4, -0.2) is 29.7 Å². The average molecular weight is 286 g/mol. The maximum absolute atomic E-state index is 11.5. The van der Waals surface area contributed by atoms with Crippen molar-refractivity contribution < 1.29 is 14.3 Å². The van der Waals surface area contributed by atoms with Crippen LogP contribution in [0.3, 0.4) is 0 Å². The lowest BCUT2D eigenvalue weighted by atomic mass is 10.1. The van der Waals surface area contributed by atoms with Crippen molar-refractivity contribution in [2.24, 2.45) is 0 Å². The minimum absolute atomic E-state index is 0.193. The fourth-order valence-corrected chi connectivity index (χ4v) is 1.76. The van der Waals surface area contributed by atoms with E-state index in [-0.39, 0.29) is 5.69 Å². The molecule has 1 aromatic carbocycles. The summed E-state index contributed by atoms with van der Waals surface area (Å²) in [5, 5.41) is 0. The van der Waals surface area contributed by atoms with Crippen molar-refractivity contribution in [1.29, 1.82) is 0 Å². The summed E-state index contributed by atoms with van der Waals surface area (Å²) in [5.74, 6) is 0.327. The molecule has 0 spiro atoms. The van der Waals surface area contributed by atoms with Crippen LogP contribution in [0, 0.1) is 0 Å². The van der Waals surface area contributed by atoms with Gasteiger partial charge in [-0.05, 0) is 30.7 Å². The Balaban J connectivity index is 2.13. The van der Waals surface area contributed by atoms with E-state index in [1.807, 2.05) is 24.3 Å². The van der Waals surface area contributed by atoms with Crippen LogP contribution in [-0.2, 0) is 4.74 Å². The number of hydrogen-bond acceptors (Lipinski definition) is 5. The van der Waals surface area contributed by atoms with Gasteiger partial charge in [0.25, 0.3) is 0 Å². The summed E-state index contributed by atoms with van der Waals surface area (Å²) >= 11 is 0. The predicted octanol–water partition coefficient (Wildman–Crippen LogP) is 3.11.